The quantitative estimate of drug-likeness (QED) is 0.598. The van der Waals surface area contributed by atoms with E-state index in [0.29, 0.717) is 34.0 Å². The van der Waals surface area contributed by atoms with Gasteiger partial charge in [-0.2, -0.15) is 0 Å². The van der Waals surface area contributed by atoms with Crippen molar-refractivity contribution in [3.63, 3.8) is 0 Å². The van der Waals surface area contributed by atoms with E-state index in [1.165, 1.54) is 7.11 Å². The average Bonchev–Trinajstić information content (AvgIpc) is 2.75. The highest BCUT2D eigenvalue weighted by molar-refractivity contribution is 6.06. The van der Waals surface area contributed by atoms with Crippen molar-refractivity contribution in [3.05, 3.63) is 22.8 Å². The molecule has 0 atom stereocenters. The molecule has 1 aromatic carbocycles. The zero-order valence-corrected chi connectivity index (χ0v) is 8.77. The van der Waals surface area contributed by atoms with E-state index in [1.807, 2.05) is 0 Å². The lowest BCUT2D eigenvalue weighted by molar-refractivity contribution is 0.0602. The molecule has 0 fully saturated rings. The fourth-order valence-corrected chi connectivity index (χ4v) is 1.58. The predicted octanol–water partition coefficient (Wildman–Crippen LogP) is 0.865. The summed E-state index contributed by atoms with van der Waals surface area (Å²) in [5, 5.41) is 9.95. The van der Waals surface area contributed by atoms with Gasteiger partial charge in [0, 0.05) is 5.56 Å². The van der Waals surface area contributed by atoms with Crippen molar-refractivity contribution in [1.29, 1.82) is 0 Å². The standard InChI is InChI=1S/C10H9N3O3/c1-5-3-6(10(15)16-2)8-9(7(5)4-14)12-13-11-8/h3-4H,1-2H3,(H,11,12,13). The number of H-pyrrole nitrogens is 1. The third-order valence-corrected chi connectivity index (χ3v) is 2.38. The van der Waals surface area contributed by atoms with Crippen molar-refractivity contribution < 1.29 is 14.3 Å². The number of nitrogens with zero attached hydrogens (tertiary/aromatic N) is 2. The largest absolute Gasteiger partial charge is 0.465 e. The number of hydrogen-bond donors (Lipinski definition) is 1. The van der Waals surface area contributed by atoms with Crippen LogP contribution in [0.25, 0.3) is 11.0 Å². The van der Waals surface area contributed by atoms with E-state index in [-0.39, 0.29) is 0 Å². The molecule has 0 aliphatic rings. The second-order valence-corrected chi connectivity index (χ2v) is 3.30. The zero-order chi connectivity index (χ0) is 11.7. The first-order valence-corrected chi connectivity index (χ1v) is 4.57. The van der Waals surface area contributed by atoms with E-state index in [0.717, 1.165) is 0 Å². The first kappa shape index (κ1) is 10.3. The van der Waals surface area contributed by atoms with Gasteiger partial charge in [0.25, 0.3) is 0 Å². The summed E-state index contributed by atoms with van der Waals surface area (Å²) in [6.07, 6.45) is 0.696. The van der Waals surface area contributed by atoms with Crippen LogP contribution in [-0.4, -0.2) is 34.8 Å². The highest BCUT2D eigenvalue weighted by Gasteiger charge is 2.17. The maximum atomic E-state index is 11.5. The molecule has 0 amide bonds. The first-order chi connectivity index (χ1) is 7.69. The van der Waals surface area contributed by atoms with Gasteiger partial charge < -0.3 is 4.74 Å². The molecule has 0 spiro atoms. The monoisotopic (exact) mass is 219 g/mol. The lowest BCUT2D eigenvalue weighted by atomic mass is 10.0. The van der Waals surface area contributed by atoms with Crippen molar-refractivity contribution in [1.82, 2.24) is 15.4 Å². The van der Waals surface area contributed by atoms with Gasteiger partial charge in [-0.25, -0.2) is 4.79 Å². The van der Waals surface area contributed by atoms with Crippen LogP contribution in [0, 0.1) is 6.92 Å². The molecule has 16 heavy (non-hydrogen) atoms. The minimum atomic E-state index is -0.489. The molecule has 2 aromatic rings. The highest BCUT2D eigenvalue weighted by atomic mass is 16.5. The molecule has 1 aromatic heterocycles. The number of esters is 1. The number of aryl methyl sites for hydroxylation is 1. The Bertz CT molecular complexity index is 574. The second-order valence-electron chi connectivity index (χ2n) is 3.30. The Morgan fingerprint density at radius 2 is 2.31 bits per heavy atom. The number of benzene rings is 1. The fraction of sp³-hybridized carbons (Fsp3) is 0.200. The van der Waals surface area contributed by atoms with E-state index in [9.17, 15) is 9.59 Å². The van der Waals surface area contributed by atoms with E-state index in [2.05, 4.69) is 20.1 Å². The van der Waals surface area contributed by atoms with Crippen LogP contribution in [0.3, 0.4) is 0 Å². The van der Waals surface area contributed by atoms with Crippen LogP contribution in [0.5, 0.6) is 0 Å². The van der Waals surface area contributed by atoms with Crippen LogP contribution < -0.4 is 0 Å². The van der Waals surface area contributed by atoms with Crippen LogP contribution in [0.4, 0.5) is 0 Å². The van der Waals surface area contributed by atoms with Crippen molar-refractivity contribution >= 4 is 23.3 Å². The van der Waals surface area contributed by atoms with Crippen molar-refractivity contribution in [2.24, 2.45) is 0 Å². The van der Waals surface area contributed by atoms with Crippen LogP contribution in [0.1, 0.15) is 26.3 Å². The van der Waals surface area contributed by atoms with Gasteiger partial charge in [0.05, 0.1) is 12.7 Å². The first-order valence-electron chi connectivity index (χ1n) is 4.57. The smallest absolute Gasteiger partial charge is 0.340 e. The number of rotatable bonds is 2. The minimum absolute atomic E-state index is 0.325. The summed E-state index contributed by atoms with van der Waals surface area (Å²) in [5.74, 6) is -0.489. The zero-order valence-electron chi connectivity index (χ0n) is 8.77. The number of fused-ring (bicyclic) bond motifs is 1. The molecule has 0 aliphatic carbocycles. The van der Waals surface area contributed by atoms with E-state index in [1.54, 1.807) is 13.0 Å². The maximum Gasteiger partial charge on any atom is 0.340 e. The van der Waals surface area contributed by atoms with Crippen molar-refractivity contribution in [2.75, 3.05) is 7.11 Å². The van der Waals surface area contributed by atoms with Gasteiger partial charge in [0.15, 0.2) is 6.29 Å². The summed E-state index contributed by atoms with van der Waals surface area (Å²) in [6.45, 7) is 1.73. The fourth-order valence-electron chi connectivity index (χ4n) is 1.58. The van der Waals surface area contributed by atoms with Crippen LogP contribution in [-0.2, 0) is 4.74 Å². The van der Waals surface area contributed by atoms with Gasteiger partial charge in [-0.3, -0.25) is 9.89 Å². The SMILES string of the molecule is COC(=O)c1cc(C)c(C=O)c2nn[nH]c12. The second kappa shape index (κ2) is 3.73. The molecule has 0 saturated heterocycles. The summed E-state index contributed by atoms with van der Waals surface area (Å²) in [4.78, 5) is 22.4. The minimum Gasteiger partial charge on any atom is -0.465 e. The molecular formula is C10H9N3O3. The Kier molecular flexibility index (Phi) is 2.40. The molecule has 0 bridgehead atoms. The number of aromatic amines is 1. The number of aldehydes is 1. The molecule has 0 saturated carbocycles. The third kappa shape index (κ3) is 1.35. The molecule has 0 radical (unpaired) electrons. The van der Waals surface area contributed by atoms with Gasteiger partial charge in [0.2, 0.25) is 0 Å². The molecular weight excluding hydrogens is 210 g/mol. The lowest BCUT2D eigenvalue weighted by Gasteiger charge is -2.04. The van der Waals surface area contributed by atoms with Gasteiger partial charge in [0.1, 0.15) is 11.0 Å². The molecule has 6 nitrogen and oxygen atoms in total. The van der Waals surface area contributed by atoms with Crippen LogP contribution in [0.2, 0.25) is 0 Å². The molecule has 0 aliphatic heterocycles. The summed E-state index contributed by atoms with van der Waals surface area (Å²) < 4.78 is 4.64. The molecule has 1 N–H and O–H groups in total. The number of carbonyl (C=O) groups excluding carboxylic acids is 2. The summed E-state index contributed by atoms with van der Waals surface area (Å²) in [6, 6.07) is 1.58. The van der Waals surface area contributed by atoms with Crippen LogP contribution in [0.15, 0.2) is 6.07 Å². The Morgan fingerprint density at radius 1 is 1.56 bits per heavy atom. The Labute approximate surface area is 90.6 Å². The number of methoxy groups -OCH3 is 1. The summed E-state index contributed by atoms with van der Waals surface area (Å²) in [7, 11) is 1.29. The van der Waals surface area contributed by atoms with E-state index in [4.69, 9.17) is 0 Å². The number of carbonyl (C=O) groups is 2. The Morgan fingerprint density at radius 3 is 2.94 bits per heavy atom. The molecule has 2 rings (SSSR count). The Hall–Kier alpha value is -2.24. The van der Waals surface area contributed by atoms with Crippen molar-refractivity contribution in [2.45, 2.75) is 6.92 Å². The number of aromatic nitrogens is 3. The third-order valence-electron chi connectivity index (χ3n) is 2.38. The molecule has 1 heterocycles. The Balaban J connectivity index is 2.82. The van der Waals surface area contributed by atoms with Gasteiger partial charge >= 0.3 is 5.97 Å². The molecule has 0 unspecified atom stereocenters. The van der Waals surface area contributed by atoms with E-state index >= 15 is 0 Å². The summed E-state index contributed by atoms with van der Waals surface area (Å²) in [5.41, 5.74) is 2.22. The topological polar surface area (TPSA) is 84.9 Å². The maximum absolute atomic E-state index is 11.5. The highest BCUT2D eigenvalue weighted by Crippen LogP contribution is 2.21. The molecule has 82 valence electrons. The van der Waals surface area contributed by atoms with Gasteiger partial charge in [-0.1, -0.05) is 5.21 Å². The predicted molar refractivity (Wildman–Crippen MR) is 55.4 cm³/mol. The normalized spacial score (nSPS) is 10.4. The molecule has 6 heteroatoms. The number of hydrogen-bond acceptors (Lipinski definition) is 5. The van der Waals surface area contributed by atoms with E-state index < -0.39 is 5.97 Å². The number of ether oxygens (including phenoxy) is 1. The average molecular weight is 219 g/mol. The lowest BCUT2D eigenvalue weighted by Crippen LogP contribution is -2.04. The summed E-state index contributed by atoms with van der Waals surface area (Å²) >= 11 is 0. The number of nitrogens with one attached hydrogen (secondary N) is 1. The van der Waals surface area contributed by atoms with Crippen molar-refractivity contribution in [3.8, 4) is 0 Å². The van der Waals surface area contributed by atoms with Gasteiger partial charge in [-0.05, 0) is 18.6 Å². The van der Waals surface area contributed by atoms with Gasteiger partial charge in [-0.15, -0.1) is 5.10 Å². The van der Waals surface area contributed by atoms with Crippen LogP contribution >= 0.6 is 0 Å².